The van der Waals surface area contributed by atoms with Gasteiger partial charge in [0.25, 0.3) is 0 Å². The van der Waals surface area contributed by atoms with Crippen LogP contribution in [0.1, 0.15) is 51.9 Å². The van der Waals surface area contributed by atoms with Crippen LogP contribution in [0.4, 0.5) is 0 Å². The van der Waals surface area contributed by atoms with E-state index in [-0.39, 0.29) is 5.97 Å². The van der Waals surface area contributed by atoms with Crippen molar-refractivity contribution in [1.29, 1.82) is 0 Å². The molecule has 0 aliphatic heterocycles. The molecule has 2 N–H and O–H groups in total. The molecule has 1 aliphatic carbocycles. The lowest BCUT2D eigenvalue weighted by molar-refractivity contribution is -0.144. The van der Waals surface area contributed by atoms with E-state index in [2.05, 4.69) is 0 Å². The Hall–Kier alpha value is -0.570. The second kappa shape index (κ2) is 7.66. The highest BCUT2D eigenvalue weighted by Crippen LogP contribution is 2.30. The summed E-state index contributed by atoms with van der Waals surface area (Å²) in [6, 6.07) is 0. The standard InChI is InChI=1S/C13H25NO2/c1-2-16-13(15)9-12(10-14)11-7-5-3-4-6-8-11/h11-12H,2-10,14H2,1H3. The molecule has 3 nitrogen and oxygen atoms in total. The zero-order chi connectivity index (χ0) is 11.8. The molecule has 1 rings (SSSR count). The van der Waals surface area contributed by atoms with Gasteiger partial charge in [0.2, 0.25) is 0 Å². The minimum absolute atomic E-state index is 0.0813. The molecule has 1 atom stereocenters. The highest BCUT2D eigenvalue weighted by molar-refractivity contribution is 5.69. The van der Waals surface area contributed by atoms with E-state index in [0.29, 0.717) is 31.4 Å². The van der Waals surface area contributed by atoms with Gasteiger partial charge in [-0.25, -0.2) is 0 Å². The number of hydrogen-bond donors (Lipinski definition) is 1. The van der Waals surface area contributed by atoms with Crippen LogP contribution in [0.5, 0.6) is 0 Å². The lowest BCUT2D eigenvalue weighted by Gasteiger charge is -2.23. The van der Waals surface area contributed by atoms with Gasteiger partial charge in [-0.05, 0) is 25.3 Å². The van der Waals surface area contributed by atoms with Crippen LogP contribution in [-0.2, 0) is 9.53 Å². The summed E-state index contributed by atoms with van der Waals surface area (Å²) >= 11 is 0. The molecule has 94 valence electrons. The molecule has 1 unspecified atom stereocenters. The van der Waals surface area contributed by atoms with Crippen LogP contribution in [0, 0.1) is 11.8 Å². The van der Waals surface area contributed by atoms with Gasteiger partial charge >= 0.3 is 5.97 Å². The Morgan fingerprint density at radius 1 is 1.31 bits per heavy atom. The molecule has 3 heteroatoms. The Kier molecular flexibility index (Phi) is 6.46. The molecule has 0 saturated heterocycles. The molecule has 0 heterocycles. The minimum atomic E-state index is -0.0813. The maximum Gasteiger partial charge on any atom is 0.306 e. The van der Waals surface area contributed by atoms with E-state index >= 15 is 0 Å². The SMILES string of the molecule is CCOC(=O)CC(CN)C1CCCCCC1. The number of carbonyl (C=O) groups is 1. The lowest BCUT2D eigenvalue weighted by atomic mass is 9.84. The van der Waals surface area contributed by atoms with E-state index in [4.69, 9.17) is 10.5 Å². The molecule has 0 aromatic rings. The van der Waals surface area contributed by atoms with Gasteiger partial charge in [0, 0.05) is 6.42 Å². The first-order valence-corrected chi connectivity index (χ1v) is 6.63. The summed E-state index contributed by atoms with van der Waals surface area (Å²) in [6.07, 6.45) is 8.26. The molecule has 1 saturated carbocycles. The van der Waals surface area contributed by atoms with Gasteiger partial charge in [-0.15, -0.1) is 0 Å². The zero-order valence-corrected chi connectivity index (χ0v) is 10.4. The van der Waals surface area contributed by atoms with Crippen molar-refractivity contribution in [2.75, 3.05) is 13.2 Å². The maximum atomic E-state index is 11.5. The lowest BCUT2D eigenvalue weighted by Crippen LogP contribution is -2.26. The molecule has 0 bridgehead atoms. The number of carbonyl (C=O) groups excluding carboxylic acids is 1. The van der Waals surface area contributed by atoms with Crippen LogP contribution in [0.3, 0.4) is 0 Å². The van der Waals surface area contributed by atoms with Gasteiger partial charge in [0.15, 0.2) is 0 Å². The minimum Gasteiger partial charge on any atom is -0.466 e. The van der Waals surface area contributed by atoms with Crippen LogP contribution in [0.2, 0.25) is 0 Å². The van der Waals surface area contributed by atoms with Crippen molar-refractivity contribution in [3.05, 3.63) is 0 Å². The number of hydrogen-bond acceptors (Lipinski definition) is 3. The van der Waals surface area contributed by atoms with E-state index in [1.807, 2.05) is 6.92 Å². The molecule has 0 aromatic heterocycles. The van der Waals surface area contributed by atoms with Gasteiger partial charge in [-0.1, -0.05) is 38.5 Å². The molecule has 0 spiro atoms. The predicted molar refractivity (Wildman–Crippen MR) is 65.0 cm³/mol. The van der Waals surface area contributed by atoms with Gasteiger partial charge in [0.05, 0.1) is 6.61 Å². The van der Waals surface area contributed by atoms with Crippen molar-refractivity contribution in [3.63, 3.8) is 0 Å². The summed E-state index contributed by atoms with van der Waals surface area (Å²) < 4.78 is 5.00. The van der Waals surface area contributed by atoms with E-state index < -0.39 is 0 Å². The fourth-order valence-electron chi connectivity index (χ4n) is 2.66. The molecule has 0 aromatic carbocycles. The quantitative estimate of drug-likeness (QED) is 0.580. The fraction of sp³-hybridized carbons (Fsp3) is 0.923. The summed E-state index contributed by atoms with van der Waals surface area (Å²) in [5.74, 6) is 0.885. The van der Waals surface area contributed by atoms with Crippen LogP contribution >= 0.6 is 0 Å². The topological polar surface area (TPSA) is 52.3 Å². The third-order valence-electron chi connectivity index (χ3n) is 3.60. The molecule has 16 heavy (non-hydrogen) atoms. The van der Waals surface area contributed by atoms with Crippen LogP contribution in [0.15, 0.2) is 0 Å². The number of ether oxygens (including phenoxy) is 1. The maximum absolute atomic E-state index is 11.5. The predicted octanol–water partition coefficient (Wildman–Crippen LogP) is 2.48. The van der Waals surface area contributed by atoms with Crippen LogP contribution in [-0.4, -0.2) is 19.1 Å². The summed E-state index contributed by atoms with van der Waals surface area (Å²) in [5.41, 5.74) is 5.79. The second-order valence-electron chi connectivity index (χ2n) is 4.76. The third-order valence-corrected chi connectivity index (χ3v) is 3.60. The Labute approximate surface area is 98.7 Å². The number of nitrogens with two attached hydrogens (primary N) is 1. The third kappa shape index (κ3) is 4.52. The summed E-state index contributed by atoms with van der Waals surface area (Å²) in [4.78, 5) is 11.5. The normalized spacial score (nSPS) is 20.1. The summed E-state index contributed by atoms with van der Waals surface area (Å²) in [6.45, 7) is 2.94. The van der Waals surface area contributed by atoms with Crippen LogP contribution < -0.4 is 5.73 Å². The average molecular weight is 227 g/mol. The van der Waals surface area contributed by atoms with Crippen molar-refractivity contribution < 1.29 is 9.53 Å². The Bertz CT molecular complexity index is 198. The largest absolute Gasteiger partial charge is 0.466 e. The van der Waals surface area contributed by atoms with Crippen molar-refractivity contribution in [3.8, 4) is 0 Å². The molecular weight excluding hydrogens is 202 g/mol. The van der Waals surface area contributed by atoms with E-state index in [0.717, 1.165) is 0 Å². The molecular formula is C13H25NO2. The van der Waals surface area contributed by atoms with Crippen LogP contribution in [0.25, 0.3) is 0 Å². The van der Waals surface area contributed by atoms with E-state index in [1.54, 1.807) is 0 Å². The monoisotopic (exact) mass is 227 g/mol. The second-order valence-corrected chi connectivity index (χ2v) is 4.76. The first-order valence-electron chi connectivity index (χ1n) is 6.63. The highest BCUT2D eigenvalue weighted by atomic mass is 16.5. The van der Waals surface area contributed by atoms with Gasteiger partial charge in [-0.2, -0.15) is 0 Å². The average Bonchev–Trinajstić information content (AvgIpc) is 2.55. The zero-order valence-electron chi connectivity index (χ0n) is 10.4. The van der Waals surface area contributed by atoms with Gasteiger partial charge in [-0.3, -0.25) is 4.79 Å². The van der Waals surface area contributed by atoms with Crippen molar-refractivity contribution in [2.24, 2.45) is 17.6 Å². The Balaban J connectivity index is 2.41. The summed E-state index contributed by atoms with van der Waals surface area (Å²) in [5, 5.41) is 0. The van der Waals surface area contributed by atoms with Gasteiger partial charge < -0.3 is 10.5 Å². The number of esters is 1. The number of rotatable bonds is 5. The fourth-order valence-corrected chi connectivity index (χ4v) is 2.66. The molecule has 0 radical (unpaired) electrons. The highest BCUT2D eigenvalue weighted by Gasteiger charge is 2.24. The summed E-state index contributed by atoms with van der Waals surface area (Å²) in [7, 11) is 0. The molecule has 1 fully saturated rings. The van der Waals surface area contributed by atoms with Crippen molar-refractivity contribution >= 4 is 5.97 Å². The Morgan fingerprint density at radius 2 is 1.94 bits per heavy atom. The smallest absolute Gasteiger partial charge is 0.306 e. The van der Waals surface area contributed by atoms with Gasteiger partial charge in [0.1, 0.15) is 0 Å². The molecule has 0 amide bonds. The molecule has 1 aliphatic rings. The van der Waals surface area contributed by atoms with Crippen molar-refractivity contribution in [2.45, 2.75) is 51.9 Å². The van der Waals surface area contributed by atoms with Crippen molar-refractivity contribution in [1.82, 2.24) is 0 Å². The first kappa shape index (κ1) is 13.5. The van der Waals surface area contributed by atoms with E-state index in [1.165, 1.54) is 38.5 Å². The Morgan fingerprint density at radius 3 is 2.44 bits per heavy atom. The van der Waals surface area contributed by atoms with E-state index in [9.17, 15) is 4.79 Å². The first-order chi connectivity index (χ1) is 7.77.